The van der Waals surface area contributed by atoms with Crippen LogP contribution in [0.15, 0.2) is 23.5 Å². The van der Waals surface area contributed by atoms with Crippen molar-refractivity contribution in [3.63, 3.8) is 0 Å². The molecule has 96 valence electrons. The number of hydrogen-bond donors (Lipinski definition) is 2. The summed E-state index contributed by atoms with van der Waals surface area (Å²) in [5, 5.41) is 3.28. The molecule has 1 aromatic rings. The molecular formula is C12H21IN4. The average molecular weight is 348 g/mol. The summed E-state index contributed by atoms with van der Waals surface area (Å²) in [6.07, 6.45) is 9.15. The van der Waals surface area contributed by atoms with Gasteiger partial charge in [0.05, 0.1) is 6.54 Å². The van der Waals surface area contributed by atoms with Gasteiger partial charge in [-0.1, -0.05) is 12.8 Å². The minimum Gasteiger partial charge on any atom is -0.370 e. The standard InChI is InChI=1S/C12H20N4.HI/c1-16-7-6-10(9-16)8-14-12(13)15-11-4-2-3-5-11;/h6-7,9,11H,2-5,8H2,1H3,(H3,13,14,15);1H. The summed E-state index contributed by atoms with van der Waals surface area (Å²) in [7, 11) is 2.01. The predicted octanol–water partition coefficient (Wildman–Crippen LogP) is 1.99. The summed E-state index contributed by atoms with van der Waals surface area (Å²) in [5.74, 6) is 0.579. The van der Waals surface area contributed by atoms with Crippen molar-refractivity contribution >= 4 is 29.9 Å². The van der Waals surface area contributed by atoms with E-state index in [4.69, 9.17) is 5.73 Å². The Kier molecular flexibility index (Phi) is 5.80. The van der Waals surface area contributed by atoms with Crippen LogP contribution < -0.4 is 11.1 Å². The van der Waals surface area contributed by atoms with E-state index in [2.05, 4.69) is 22.6 Å². The highest BCUT2D eigenvalue weighted by molar-refractivity contribution is 14.0. The van der Waals surface area contributed by atoms with E-state index in [1.165, 1.54) is 31.2 Å². The van der Waals surface area contributed by atoms with Crippen LogP contribution in [0.4, 0.5) is 0 Å². The van der Waals surface area contributed by atoms with Gasteiger partial charge in [-0.15, -0.1) is 24.0 Å². The first-order chi connectivity index (χ1) is 7.74. The summed E-state index contributed by atoms with van der Waals surface area (Å²) >= 11 is 0. The van der Waals surface area contributed by atoms with Crippen molar-refractivity contribution in [1.29, 1.82) is 0 Å². The predicted molar refractivity (Wildman–Crippen MR) is 81.5 cm³/mol. The fourth-order valence-corrected chi connectivity index (χ4v) is 2.16. The number of nitrogens with one attached hydrogen (secondary N) is 1. The second-order valence-corrected chi connectivity index (χ2v) is 4.51. The molecule has 0 bridgehead atoms. The third-order valence-electron chi connectivity index (χ3n) is 3.03. The van der Waals surface area contributed by atoms with Crippen LogP contribution in [0.1, 0.15) is 31.2 Å². The van der Waals surface area contributed by atoms with Crippen LogP contribution in [0.3, 0.4) is 0 Å². The highest BCUT2D eigenvalue weighted by Crippen LogP contribution is 2.17. The number of aromatic nitrogens is 1. The first kappa shape index (κ1) is 14.3. The maximum atomic E-state index is 5.84. The fourth-order valence-electron chi connectivity index (χ4n) is 2.16. The maximum absolute atomic E-state index is 5.84. The number of guanidine groups is 1. The Morgan fingerprint density at radius 1 is 1.53 bits per heavy atom. The van der Waals surface area contributed by atoms with Crippen molar-refractivity contribution in [2.75, 3.05) is 0 Å². The number of nitrogens with zero attached hydrogens (tertiary/aromatic N) is 2. The van der Waals surface area contributed by atoms with Crippen molar-refractivity contribution in [2.45, 2.75) is 38.3 Å². The molecular weight excluding hydrogens is 327 g/mol. The molecule has 2 rings (SSSR count). The molecule has 0 saturated heterocycles. The number of aryl methyl sites for hydroxylation is 1. The van der Waals surface area contributed by atoms with Gasteiger partial charge in [-0.2, -0.15) is 0 Å². The molecule has 0 amide bonds. The molecule has 0 aromatic carbocycles. The largest absolute Gasteiger partial charge is 0.370 e. The normalized spacial score (nSPS) is 16.9. The monoisotopic (exact) mass is 348 g/mol. The zero-order valence-corrected chi connectivity index (χ0v) is 12.6. The topological polar surface area (TPSA) is 55.3 Å². The van der Waals surface area contributed by atoms with Crippen LogP contribution in [0.5, 0.6) is 0 Å². The first-order valence-electron chi connectivity index (χ1n) is 5.91. The van der Waals surface area contributed by atoms with Gasteiger partial charge < -0.3 is 15.6 Å². The van der Waals surface area contributed by atoms with E-state index in [1.54, 1.807) is 0 Å². The lowest BCUT2D eigenvalue weighted by Gasteiger charge is -2.11. The van der Waals surface area contributed by atoms with Gasteiger partial charge in [0.25, 0.3) is 0 Å². The van der Waals surface area contributed by atoms with Crippen molar-refractivity contribution in [2.24, 2.45) is 17.8 Å². The van der Waals surface area contributed by atoms with Gasteiger partial charge in [-0.25, -0.2) is 4.99 Å². The molecule has 4 nitrogen and oxygen atoms in total. The minimum absolute atomic E-state index is 0. The number of aliphatic imine (C=N–C) groups is 1. The van der Waals surface area contributed by atoms with E-state index in [0.717, 1.165) is 0 Å². The molecule has 0 unspecified atom stereocenters. The smallest absolute Gasteiger partial charge is 0.189 e. The molecule has 0 radical (unpaired) electrons. The number of rotatable bonds is 3. The van der Waals surface area contributed by atoms with Crippen LogP contribution in [0.2, 0.25) is 0 Å². The van der Waals surface area contributed by atoms with Gasteiger partial charge in [-0.05, 0) is 24.5 Å². The highest BCUT2D eigenvalue weighted by atomic mass is 127. The molecule has 1 aliphatic rings. The van der Waals surface area contributed by atoms with Gasteiger partial charge in [0.15, 0.2) is 5.96 Å². The van der Waals surface area contributed by atoms with E-state index < -0.39 is 0 Å². The van der Waals surface area contributed by atoms with E-state index in [9.17, 15) is 0 Å². The van der Waals surface area contributed by atoms with Crippen LogP contribution in [-0.4, -0.2) is 16.6 Å². The number of halogens is 1. The summed E-state index contributed by atoms with van der Waals surface area (Å²) in [5.41, 5.74) is 7.03. The molecule has 17 heavy (non-hydrogen) atoms. The fraction of sp³-hybridized carbons (Fsp3) is 0.583. The Labute approximate surface area is 120 Å². The van der Waals surface area contributed by atoms with E-state index in [0.29, 0.717) is 18.5 Å². The van der Waals surface area contributed by atoms with Crippen molar-refractivity contribution in [3.8, 4) is 0 Å². The van der Waals surface area contributed by atoms with E-state index in [-0.39, 0.29) is 24.0 Å². The molecule has 1 heterocycles. The van der Waals surface area contributed by atoms with Crippen LogP contribution >= 0.6 is 24.0 Å². The van der Waals surface area contributed by atoms with Crippen molar-refractivity contribution in [3.05, 3.63) is 24.0 Å². The zero-order chi connectivity index (χ0) is 11.4. The number of hydrogen-bond acceptors (Lipinski definition) is 1. The van der Waals surface area contributed by atoms with Crippen molar-refractivity contribution in [1.82, 2.24) is 9.88 Å². The Bertz CT molecular complexity index is 366. The summed E-state index contributed by atoms with van der Waals surface area (Å²) in [6.45, 7) is 0.659. The molecule has 1 aromatic heterocycles. The van der Waals surface area contributed by atoms with Crippen molar-refractivity contribution < 1.29 is 0 Å². The minimum atomic E-state index is 0. The molecule has 3 N–H and O–H groups in total. The van der Waals surface area contributed by atoms with Gasteiger partial charge >= 0.3 is 0 Å². The maximum Gasteiger partial charge on any atom is 0.189 e. The Balaban J connectivity index is 0.00000144. The Hall–Kier alpha value is -0.720. The SMILES string of the molecule is Cn1ccc(CN=C(N)NC2CCCC2)c1.I. The quantitative estimate of drug-likeness (QED) is 0.499. The summed E-state index contributed by atoms with van der Waals surface area (Å²) in [6, 6.07) is 2.60. The first-order valence-corrected chi connectivity index (χ1v) is 5.91. The lowest BCUT2D eigenvalue weighted by molar-refractivity contribution is 0.625. The highest BCUT2D eigenvalue weighted by Gasteiger charge is 2.14. The third-order valence-corrected chi connectivity index (χ3v) is 3.03. The van der Waals surface area contributed by atoms with Gasteiger partial charge in [-0.3, -0.25) is 0 Å². The van der Waals surface area contributed by atoms with Crippen LogP contribution in [-0.2, 0) is 13.6 Å². The third kappa shape index (κ3) is 4.57. The van der Waals surface area contributed by atoms with Crippen LogP contribution in [0.25, 0.3) is 0 Å². The van der Waals surface area contributed by atoms with E-state index >= 15 is 0 Å². The lowest BCUT2D eigenvalue weighted by Crippen LogP contribution is -2.38. The summed E-state index contributed by atoms with van der Waals surface area (Å²) in [4.78, 5) is 4.34. The van der Waals surface area contributed by atoms with Gasteiger partial charge in [0.1, 0.15) is 0 Å². The number of nitrogens with two attached hydrogens (primary N) is 1. The molecule has 0 spiro atoms. The van der Waals surface area contributed by atoms with Crippen LogP contribution in [0, 0.1) is 0 Å². The Morgan fingerprint density at radius 3 is 2.82 bits per heavy atom. The average Bonchev–Trinajstić information content (AvgIpc) is 2.87. The molecule has 0 aliphatic heterocycles. The second kappa shape index (κ2) is 6.88. The van der Waals surface area contributed by atoms with Gasteiger partial charge in [0, 0.05) is 25.5 Å². The lowest BCUT2D eigenvalue weighted by atomic mass is 10.2. The molecule has 1 fully saturated rings. The zero-order valence-electron chi connectivity index (χ0n) is 10.2. The Morgan fingerprint density at radius 2 is 2.24 bits per heavy atom. The summed E-state index contributed by atoms with van der Waals surface area (Å²) < 4.78 is 2.02. The molecule has 1 saturated carbocycles. The second-order valence-electron chi connectivity index (χ2n) is 4.51. The van der Waals surface area contributed by atoms with E-state index in [1.807, 2.05) is 17.8 Å². The molecule has 0 atom stereocenters. The molecule has 5 heteroatoms. The molecule has 1 aliphatic carbocycles. The van der Waals surface area contributed by atoms with Gasteiger partial charge in [0.2, 0.25) is 0 Å².